The summed E-state index contributed by atoms with van der Waals surface area (Å²) in [6, 6.07) is 17.1. The van der Waals surface area contributed by atoms with Crippen molar-refractivity contribution in [3.63, 3.8) is 0 Å². The lowest BCUT2D eigenvalue weighted by Crippen LogP contribution is -2.42. The summed E-state index contributed by atoms with van der Waals surface area (Å²) in [6.07, 6.45) is 1.18. The number of hydrogen-bond acceptors (Lipinski definition) is 2. The predicted molar refractivity (Wildman–Crippen MR) is 107 cm³/mol. The molecule has 0 aliphatic carbocycles. The van der Waals surface area contributed by atoms with Crippen LogP contribution < -0.4 is 5.32 Å². The van der Waals surface area contributed by atoms with Crippen LogP contribution in [0.2, 0.25) is 5.02 Å². The van der Waals surface area contributed by atoms with Gasteiger partial charge >= 0.3 is 6.03 Å². The monoisotopic (exact) mass is 385 g/mol. The highest BCUT2D eigenvalue weighted by Gasteiger charge is 2.22. The lowest BCUT2D eigenvalue weighted by atomic mass is 10.1. The molecule has 0 unspecified atom stereocenters. The van der Waals surface area contributed by atoms with Gasteiger partial charge in [-0.25, -0.2) is 4.79 Å². The maximum absolute atomic E-state index is 12.5. The normalized spacial score (nSPS) is 14.6. The smallest absolute Gasteiger partial charge is 0.317 e. The Bertz CT molecular complexity index is 782. The van der Waals surface area contributed by atoms with Gasteiger partial charge in [0.25, 0.3) is 0 Å². The molecule has 27 heavy (non-hydrogen) atoms. The fraction of sp³-hybridized carbons (Fsp3) is 0.333. The molecule has 5 nitrogen and oxygen atoms in total. The minimum Gasteiger partial charge on any atom is -0.341 e. The average molecular weight is 386 g/mol. The van der Waals surface area contributed by atoms with Crippen molar-refractivity contribution in [1.29, 1.82) is 0 Å². The van der Waals surface area contributed by atoms with Crippen molar-refractivity contribution in [2.24, 2.45) is 0 Å². The molecule has 3 amide bonds. The minimum absolute atomic E-state index is 0.111. The zero-order chi connectivity index (χ0) is 19.1. The number of nitrogens with one attached hydrogen (secondary N) is 1. The summed E-state index contributed by atoms with van der Waals surface area (Å²) < 4.78 is 0. The Morgan fingerprint density at radius 1 is 0.889 bits per heavy atom. The molecule has 2 aromatic rings. The van der Waals surface area contributed by atoms with Crippen molar-refractivity contribution in [1.82, 2.24) is 15.1 Å². The van der Waals surface area contributed by atoms with E-state index >= 15 is 0 Å². The largest absolute Gasteiger partial charge is 0.341 e. The summed E-state index contributed by atoms with van der Waals surface area (Å²) in [5.41, 5.74) is 1.91. The van der Waals surface area contributed by atoms with E-state index in [4.69, 9.17) is 11.6 Å². The van der Waals surface area contributed by atoms with E-state index in [1.807, 2.05) is 59.5 Å². The van der Waals surface area contributed by atoms with E-state index in [-0.39, 0.29) is 11.9 Å². The Morgan fingerprint density at radius 3 is 2.33 bits per heavy atom. The van der Waals surface area contributed by atoms with Crippen LogP contribution in [-0.2, 0) is 17.8 Å². The van der Waals surface area contributed by atoms with Gasteiger partial charge in [-0.3, -0.25) is 4.79 Å². The number of carbonyl (C=O) groups excluding carboxylic acids is 2. The van der Waals surface area contributed by atoms with Crippen LogP contribution in [0.4, 0.5) is 4.79 Å². The molecule has 3 rings (SSSR count). The molecule has 1 saturated heterocycles. The fourth-order valence-corrected chi connectivity index (χ4v) is 3.38. The van der Waals surface area contributed by atoms with Crippen molar-refractivity contribution in [3.8, 4) is 0 Å². The molecule has 1 heterocycles. The highest BCUT2D eigenvalue weighted by Crippen LogP contribution is 2.14. The molecule has 0 radical (unpaired) electrons. The van der Waals surface area contributed by atoms with Crippen LogP contribution in [0.25, 0.3) is 0 Å². The van der Waals surface area contributed by atoms with E-state index in [1.165, 1.54) is 0 Å². The summed E-state index contributed by atoms with van der Waals surface area (Å²) in [7, 11) is 0. The molecule has 0 spiro atoms. The molecule has 6 heteroatoms. The molecule has 142 valence electrons. The van der Waals surface area contributed by atoms with E-state index in [9.17, 15) is 9.59 Å². The molecular weight excluding hydrogens is 362 g/mol. The standard InChI is InChI=1S/C21H24ClN3O2/c22-19-10-5-4-9-18(19)16-23-21(27)25-12-6-11-24(13-14-25)20(26)15-17-7-2-1-3-8-17/h1-5,7-10H,6,11-16H2,(H,23,27). The predicted octanol–water partition coefficient (Wildman–Crippen LogP) is 3.33. The molecule has 1 fully saturated rings. The summed E-state index contributed by atoms with van der Waals surface area (Å²) in [4.78, 5) is 28.6. The third-order valence-electron chi connectivity index (χ3n) is 4.72. The summed E-state index contributed by atoms with van der Waals surface area (Å²) >= 11 is 6.13. The first-order valence-corrected chi connectivity index (χ1v) is 9.59. The molecule has 1 N–H and O–H groups in total. The van der Waals surface area contributed by atoms with Gasteiger partial charge in [-0.2, -0.15) is 0 Å². The first kappa shape index (κ1) is 19.2. The second-order valence-corrected chi connectivity index (χ2v) is 7.04. The third kappa shape index (κ3) is 5.47. The highest BCUT2D eigenvalue weighted by molar-refractivity contribution is 6.31. The molecular formula is C21H24ClN3O2. The van der Waals surface area contributed by atoms with Gasteiger partial charge in [0.1, 0.15) is 0 Å². The molecule has 0 saturated carbocycles. The van der Waals surface area contributed by atoms with Crippen molar-refractivity contribution >= 4 is 23.5 Å². The number of halogens is 1. The van der Waals surface area contributed by atoms with Crippen LogP contribution in [0.15, 0.2) is 54.6 Å². The van der Waals surface area contributed by atoms with E-state index < -0.39 is 0 Å². The van der Waals surface area contributed by atoms with Crippen LogP contribution >= 0.6 is 11.6 Å². The van der Waals surface area contributed by atoms with Gasteiger partial charge in [-0.05, 0) is 23.6 Å². The lowest BCUT2D eigenvalue weighted by Gasteiger charge is -2.22. The Hall–Kier alpha value is -2.53. The number of benzene rings is 2. The van der Waals surface area contributed by atoms with Crippen LogP contribution in [-0.4, -0.2) is 47.9 Å². The molecule has 2 aromatic carbocycles. The first-order chi connectivity index (χ1) is 13.1. The van der Waals surface area contributed by atoms with Gasteiger partial charge in [0.05, 0.1) is 6.42 Å². The molecule has 0 bridgehead atoms. The topological polar surface area (TPSA) is 52.7 Å². The van der Waals surface area contributed by atoms with Crippen molar-refractivity contribution < 1.29 is 9.59 Å². The van der Waals surface area contributed by atoms with Crippen LogP contribution in [0, 0.1) is 0 Å². The maximum Gasteiger partial charge on any atom is 0.317 e. The van der Waals surface area contributed by atoms with Gasteiger partial charge in [0, 0.05) is 37.7 Å². The van der Waals surface area contributed by atoms with Gasteiger partial charge in [-0.1, -0.05) is 60.1 Å². The Labute approximate surface area is 164 Å². The number of carbonyl (C=O) groups is 2. The van der Waals surface area contributed by atoms with Crippen molar-refractivity contribution in [2.75, 3.05) is 26.2 Å². The zero-order valence-corrected chi connectivity index (χ0v) is 16.0. The second-order valence-electron chi connectivity index (χ2n) is 6.63. The number of hydrogen-bond donors (Lipinski definition) is 1. The molecule has 1 aliphatic heterocycles. The van der Waals surface area contributed by atoms with Crippen molar-refractivity contribution in [3.05, 3.63) is 70.7 Å². The minimum atomic E-state index is -0.118. The average Bonchev–Trinajstić information content (AvgIpc) is 2.94. The number of urea groups is 1. The van der Waals surface area contributed by atoms with Crippen LogP contribution in [0.1, 0.15) is 17.5 Å². The number of amides is 3. The van der Waals surface area contributed by atoms with E-state index in [0.29, 0.717) is 44.2 Å². The van der Waals surface area contributed by atoms with Gasteiger partial charge in [0.15, 0.2) is 0 Å². The van der Waals surface area contributed by atoms with Gasteiger partial charge in [0.2, 0.25) is 5.91 Å². The van der Waals surface area contributed by atoms with E-state index in [1.54, 1.807) is 4.90 Å². The first-order valence-electron chi connectivity index (χ1n) is 9.21. The maximum atomic E-state index is 12.5. The Balaban J connectivity index is 1.49. The Kier molecular flexibility index (Phi) is 6.71. The fourth-order valence-electron chi connectivity index (χ4n) is 3.18. The zero-order valence-electron chi connectivity index (χ0n) is 15.2. The van der Waals surface area contributed by atoms with E-state index in [2.05, 4.69) is 5.32 Å². The van der Waals surface area contributed by atoms with Crippen molar-refractivity contribution in [2.45, 2.75) is 19.4 Å². The summed E-state index contributed by atoms with van der Waals surface area (Å²) in [6.45, 7) is 2.81. The third-order valence-corrected chi connectivity index (χ3v) is 5.09. The summed E-state index contributed by atoms with van der Waals surface area (Å²) in [5.74, 6) is 0.111. The highest BCUT2D eigenvalue weighted by atomic mass is 35.5. The van der Waals surface area contributed by atoms with Gasteiger partial charge in [-0.15, -0.1) is 0 Å². The van der Waals surface area contributed by atoms with Crippen LogP contribution in [0.5, 0.6) is 0 Å². The molecule has 1 aliphatic rings. The van der Waals surface area contributed by atoms with Gasteiger partial charge < -0.3 is 15.1 Å². The second kappa shape index (κ2) is 9.42. The SMILES string of the molecule is O=C(Cc1ccccc1)N1CCCN(C(=O)NCc2ccccc2Cl)CC1. The molecule has 0 aromatic heterocycles. The molecule has 0 atom stereocenters. The Morgan fingerprint density at radius 2 is 1.56 bits per heavy atom. The van der Waals surface area contributed by atoms with E-state index in [0.717, 1.165) is 17.5 Å². The lowest BCUT2D eigenvalue weighted by molar-refractivity contribution is -0.130. The quantitative estimate of drug-likeness (QED) is 0.877. The van der Waals surface area contributed by atoms with Crippen LogP contribution in [0.3, 0.4) is 0 Å². The summed E-state index contributed by atoms with van der Waals surface area (Å²) in [5, 5.41) is 3.57. The number of rotatable bonds is 4. The number of nitrogens with zero attached hydrogens (tertiary/aromatic N) is 2.